The summed E-state index contributed by atoms with van der Waals surface area (Å²) in [7, 11) is -2.63. The normalized spacial score (nSPS) is 15.1. The zero-order valence-corrected chi connectivity index (χ0v) is 23.0. The fraction of sp³-hybridized carbons (Fsp3) is 0.500. The van der Waals surface area contributed by atoms with Gasteiger partial charge in [0, 0.05) is 57.8 Å². The molecular formula is C28H42N2O5Si. The van der Waals surface area contributed by atoms with Crippen molar-refractivity contribution in [1.82, 2.24) is 10.2 Å². The van der Waals surface area contributed by atoms with Crippen LogP contribution in [0.5, 0.6) is 0 Å². The topological polar surface area (TPSA) is 77.1 Å². The molecule has 36 heavy (non-hydrogen) atoms. The number of unbranched alkanes of at least 4 members (excludes halogenated alkanes) is 2. The lowest BCUT2D eigenvalue weighted by atomic mass is 10.1. The minimum absolute atomic E-state index is 0.0232. The Morgan fingerprint density at radius 3 is 2.00 bits per heavy atom. The number of nitrogens with zero attached hydrogens (tertiary/aromatic N) is 1. The zero-order chi connectivity index (χ0) is 26.1. The second kappa shape index (κ2) is 17.0. The van der Waals surface area contributed by atoms with Gasteiger partial charge >= 0.3 is 8.80 Å². The van der Waals surface area contributed by atoms with E-state index < -0.39 is 8.80 Å². The molecule has 0 fully saturated rings. The summed E-state index contributed by atoms with van der Waals surface area (Å²) in [5.74, 6) is 0.121. The van der Waals surface area contributed by atoms with Crippen LogP contribution in [-0.4, -0.2) is 58.3 Å². The second-order valence-corrected chi connectivity index (χ2v) is 11.2. The Balaban J connectivity index is 1.57. The first-order chi connectivity index (χ1) is 17.5. The van der Waals surface area contributed by atoms with Crippen LogP contribution in [0, 0.1) is 0 Å². The molecule has 0 atom stereocenters. The Bertz CT molecular complexity index is 837. The maximum Gasteiger partial charge on any atom is 0.500 e. The van der Waals surface area contributed by atoms with E-state index in [1.165, 1.54) is 0 Å². The highest BCUT2D eigenvalue weighted by molar-refractivity contribution is 6.60. The molecule has 8 heteroatoms. The number of hydrogen-bond acceptors (Lipinski definition) is 6. The summed E-state index contributed by atoms with van der Waals surface area (Å²) in [4.78, 5) is 25.5. The molecule has 0 bridgehead atoms. The van der Waals surface area contributed by atoms with E-state index in [0.717, 1.165) is 43.4 Å². The van der Waals surface area contributed by atoms with E-state index in [-0.39, 0.29) is 11.7 Å². The number of rotatable bonds is 17. The molecule has 1 amide bonds. The number of allylic oxidation sites excluding steroid dienone is 10. The molecular weight excluding hydrogens is 472 g/mol. The molecule has 0 aromatic rings. The number of hydrogen-bond donors (Lipinski definition) is 1. The van der Waals surface area contributed by atoms with Crippen molar-refractivity contribution in [3.05, 3.63) is 72.2 Å². The number of nitrogens with one attached hydrogen (secondary N) is 1. The van der Waals surface area contributed by atoms with Crippen LogP contribution in [0.4, 0.5) is 0 Å². The summed E-state index contributed by atoms with van der Waals surface area (Å²) < 4.78 is 17.6. The summed E-state index contributed by atoms with van der Waals surface area (Å²) in [6, 6.07) is 0.711. The molecule has 0 saturated carbocycles. The van der Waals surface area contributed by atoms with Crippen molar-refractivity contribution in [2.24, 2.45) is 0 Å². The van der Waals surface area contributed by atoms with Gasteiger partial charge in [-0.2, -0.15) is 0 Å². The molecule has 198 valence electrons. The van der Waals surface area contributed by atoms with Gasteiger partial charge in [0.25, 0.3) is 0 Å². The summed E-state index contributed by atoms with van der Waals surface area (Å²) in [6.07, 6.45) is 23.4. The summed E-state index contributed by atoms with van der Waals surface area (Å²) in [5, 5.41) is 3.01. The van der Waals surface area contributed by atoms with Crippen LogP contribution < -0.4 is 5.32 Å². The lowest BCUT2D eigenvalue weighted by Gasteiger charge is -2.28. The van der Waals surface area contributed by atoms with Gasteiger partial charge in [0.1, 0.15) is 0 Å². The van der Waals surface area contributed by atoms with Gasteiger partial charge in [-0.1, -0.05) is 30.7 Å². The van der Waals surface area contributed by atoms with E-state index in [4.69, 9.17) is 13.3 Å². The molecule has 7 nitrogen and oxygen atoms in total. The van der Waals surface area contributed by atoms with Gasteiger partial charge in [-0.3, -0.25) is 9.59 Å². The molecule has 0 aromatic carbocycles. The van der Waals surface area contributed by atoms with Crippen LogP contribution in [0.1, 0.15) is 52.9 Å². The SMILES string of the molecule is CCO[Si](CCCNC(=O)CCCCCN1C=CC(=CC=C2C=CC(=O)C=C2)C=C1)(OCC)OCC. The number of ketones is 1. The van der Waals surface area contributed by atoms with Crippen molar-refractivity contribution in [1.29, 1.82) is 0 Å². The third-order valence-electron chi connectivity index (χ3n) is 5.66. The van der Waals surface area contributed by atoms with Gasteiger partial charge in [0.2, 0.25) is 5.91 Å². The molecule has 1 aliphatic heterocycles. The van der Waals surface area contributed by atoms with Crippen LogP contribution in [-0.2, 0) is 22.9 Å². The van der Waals surface area contributed by atoms with Gasteiger partial charge in [0.15, 0.2) is 5.78 Å². The molecule has 0 aromatic heterocycles. The van der Waals surface area contributed by atoms with E-state index in [2.05, 4.69) is 34.8 Å². The van der Waals surface area contributed by atoms with Gasteiger partial charge in [-0.05, 0) is 75.5 Å². The van der Waals surface area contributed by atoms with Crippen molar-refractivity contribution >= 4 is 20.5 Å². The summed E-state index contributed by atoms with van der Waals surface area (Å²) in [5.41, 5.74) is 2.12. The average Bonchev–Trinajstić information content (AvgIpc) is 2.87. The average molecular weight is 515 g/mol. The number of carbonyl (C=O) groups is 2. The fourth-order valence-corrected chi connectivity index (χ4v) is 6.49. The maximum absolute atomic E-state index is 12.2. The van der Waals surface area contributed by atoms with E-state index in [0.29, 0.717) is 38.8 Å². The smallest absolute Gasteiger partial charge is 0.374 e. The summed E-state index contributed by atoms with van der Waals surface area (Å²) in [6.45, 7) is 9.09. The van der Waals surface area contributed by atoms with Crippen molar-refractivity contribution in [3.63, 3.8) is 0 Å². The highest BCUT2D eigenvalue weighted by Crippen LogP contribution is 2.18. The monoisotopic (exact) mass is 514 g/mol. The Kier molecular flexibility index (Phi) is 14.0. The van der Waals surface area contributed by atoms with Crippen molar-refractivity contribution in [2.45, 2.75) is 58.9 Å². The highest BCUT2D eigenvalue weighted by atomic mass is 28.4. The Hall–Kier alpha value is -2.52. The largest absolute Gasteiger partial charge is 0.500 e. The van der Waals surface area contributed by atoms with E-state index in [1.54, 1.807) is 12.2 Å². The predicted octanol–water partition coefficient (Wildman–Crippen LogP) is 4.99. The standard InChI is InChI=1S/C28H42N2O5Si/c1-4-33-36(34-5-2,35-6-3)24-10-20-29-28(32)11-8-7-9-21-30-22-18-26(19-23-30)13-12-25-14-16-27(31)17-15-25/h12-19,22-23H,4-11,20-21,24H2,1-3H3,(H,29,32). The third-order valence-corrected chi connectivity index (χ3v) is 8.81. The van der Waals surface area contributed by atoms with E-state index >= 15 is 0 Å². The van der Waals surface area contributed by atoms with Crippen molar-refractivity contribution < 1.29 is 22.9 Å². The first-order valence-electron chi connectivity index (χ1n) is 13.1. The maximum atomic E-state index is 12.2. The molecule has 1 heterocycles. The Morgan fingerprint density at radius 2 is 1.42 bits per heavy atom. The molecule has 1 N–H and O–H groups in total. The molecule has 2 aliphatic rings. The quantitative estimate of drug-likeness (QED) is 0.218. The number of amides is 1. The van der Waals surface area contributed by atoms with Gasteiger partial charge in [-0.15, -0.1) is 0 Å². The molecule has 0 saturated heterocycles. The first kappa shape index (κ1) is 29.7. The van der Waals surface area contributed by atoms with E-state index in [1.807, 2.05) is 45.1 Å². The van der Waals surface area contributed by atoms with Crippen LogP contribution >= 0.6 is 0 Å². The van der Waals surface area contributed by atoms with Crippen LogP contribution in [0.3, 0.4) is 0 Å². The predicted molar refractivity (Wildman–Crippen MR) is 146 cm³/mol. The molecule has 0 radical (unpaired) electrons. The number of carbonyl (C=O) groups excluding carboxylic acids is 2. The minimum atomic E-state index is -2.63. The van der Waals surface area contributed by atoms with Crippen LogP contribution in [0.25, 0.3) is 0 Å². The lowest BCUT2D eigenvalue weighted by Crippen LogP contribution is -2.46. The van der Waals surface area contributed by atoms with Gasteiger partial charge in [-0.25, -0.2) is 0 Å². The molecule has 1 aliphatic carbocycles. The molecule has 0 spiro atoms. The minimum Gasteiger partial charge on any atom is -0.374 e. The second-order valence-electron chi connectivity index (χ2n) is 8.52. The Morgan fingerprint density at radius 1 is 0.833 bits per heavy atom. The molecule has 2 rings (SSSR count). The summed E-state index contributed by atoms with van der Waals surface area (Å²) >= 11 is 0. The van der Waals surface area contributed by atoms with Gasteiger partial charge < -0.3 is 23.5 Å². The highest BCUT2D eigenvalue weighted by Gasteiger charge is 2.39. The first-order valence-corrected chi connectivity index (χ1v) is 15.1. The fourth-order valence-electron chi connectivity index (χ4n) is 3.88. The Labute approximate surface area is 217 Å². The van der Waals surface area contributed by atoms with E-state index in [9.17, 15) is 9.59 Å². The van der Waals surface area contributed by atoms with Gasteiger partial charge in [0.05, 0.1) is 0 Å². The van der Waals surface area contributed by atoms with Crippen LogP contribution in [0.2, 0.25) is 6.04 Å². The van der Waals surface area contributed by atoms with Crippen molar-refractivity contribution in [3.8, 4) is 0 Å². The lowest BCUT2D eigenvalue weighted by molar-refractivity contribution is -0.121. The zero-order valence-electron chi connectivity index (χ0n) is 22.0. The van der Waals surface area contributed by atoms with Crippen LogP contribution in [0.15, 0.2) is 72.2 Å². The van der Waals surface area contributed by atoms with Crippen molar-refractivity contribution in [2.75, 3.05) is 32.9 Å². The molecule has 0 unspecified atom stereocenters. The third kappa shape index (κ3) is 11.5.